The number of nitrogens with zero attached hydrogens (tertiary/aromatic N) is 1. The molecule has 25 heavy (non-hydrogen) atoms. The van der Waals surface area contributed by atoms with Crippen LogP contribution in [0.3, 0.4) is 0 Å². The Hall–Kier alpha value is -2.24. The predicted octanol–water partition coefficient (Wildman–Crippen LogP) is 2.65. The molecule has 2 aliphatic rings. The van der Waals surface area contributed by atoms with E-state index >= 15 is 0 Å². The number of anilines is 1. The Balaban J connectivity index is 1.94. The average Bonchev–Trinajstić information content (AvgIpc) is 3.23. The molecular formula is C19H26N2O4. The summed E-state index contributed by atoms with van der Waals surface area (Å²) >= 11 is 0. The van der Waals surface area contributed by atoms with E-state index in [4.69, 9.17) is 9.47 Å². The van der Waals surface area contributed by atoms with Gasteiger partial charge in [-0.25, -0.2) is 0 Å². The maximum atomic E-state index is 13.0. The monoisotopic (exact) mass is 346 g/mol. The number of ether oxygens (including phenoxy) is 2. The average molecular weight is 346 g/mol. The van der Waals surface area contributed by atoms with Crippen LogP contribution in [0.5, 0.6) is 11.5 Å². The van der Waals surface area contributed by atoms with E-state index in [0.717, 1.165) is 25.7 Å². The molecule has 1 saturated carbocycles. The van der Waals surface area contributed by atoms with Gasteiger partial charge in [-0.3, -0.25) is 14.5 Å². The van der Waals surface area contributed by atoms with Gasteiger partial charge in [0.25, 0.3) is 0 Å². The summed E-state index contributed by atoms with van der Waals surface area (Å²) in [5.74, 6) is 1.01. The Labute approximate surface area is 148 Å². The quantitative estimate of drug-likeness (QED) is 0.890. The first-order chi connectivity index (χ1) is 12.0. The van der Waals surface area contributed by atoms with Gasteiger partial charge in [-0.2, -0.15) is 0 Å². The number of hydrogen-bond donors (Lipinski definition) is 1. The molecule has 1 N–H and O–H groups in total. The van der Waals surface area contributed by atoms with Gasteiger partial charge in [0.1, 0.15) is 17.0 Å². The Morgan fingerprint density at radius 3 is 2.60 bits per heavy atom. The van der Waals surface area contributed by atoms with Gasteiger partial charge in [0.15, 0.2) is 0 Å². The molecule has 1 aromatic carbocycles. The molecule has 0 aromatic heterocycles. The second kappa shape index (κ2) is 6.94. The lowest BCUT2D eigenvalue weighted by Gasteiger charge is -2.35. The van der Waals surface area contributed by atoms with E-state index in [-0.39, 0.29) is 17.9 Å². The molecule has 1 aliphatic heterocycles. The van der Waals surface area contributed by atoms with Crippen LogP contribution in [0.2, 0.25) is 0 Å². The fourth-order valence-electron chi connectivity index (χ4n) is 3.85. The van der Waals surface area contributed by atoms with Crippen LogP contribution in [0.1, 0.15) is 45.4 Å². The Bertz CT molecular complexity index is 669. The van der Waals surface area contributed by atoms with Crippen LogP contribution in [0, 0.1) is 0 Å². The second-order valence-corrected chi connectivity index (χ2v) is 7.00. The van der Waals surface area contributed by atoms with Crippen LogP contribution < -0.4 is 19.7 Å². The first-order valence-electron chi connectivity index (χ1n) is 8.85. The van der Waals surface area contributed by atoms with Crippen molar-refractivity contribution in [2.45, 2.75) is 57.0 Å². The van der Waals surface area contributed by atoms with Crippen LogP contribution in [-0.4, -0.2) is 37.6 Å². The first-order valence-corrected chi connectivity index (χ1v) is 8.85. The lowest BCUT2D eigenvalue weighted by Crippen LogP contribution is -2.56. The Morgan fingerprint density at radius 1 is 1.24 bits per heavy atom. The van der Waals surface area contributed by atoms with Crippen molar-refractivity contribution in [3.8, 4) is 11.5 Å². The van der Waals surface area contributed by atoms with Crippen molar-refractivity contribution in [1.29, 1.82) is 0 Å². The fraction of sp³-hybridized carbons (Fsp3) is 0.579. The van der Waals surface area contributed by atoms with Gasteiger partial charge in [0.2, 0.25) is 11.8 Å². The molecule has 3 rings (SSSR count). The summed E-state index contributed by atoms with van der Waals surface area (Å²) in [6, 6.07) is 5.51. The summed E-state index contributed by atoms with van der Waals surface area (Å²) in [4.78, 5) is 27.3. The van der Waals surface area contributed by atoms with Crippen LogP contribution in [0.4, 0.5) is 5.69 Å². The lowest BCUT2D eigenvalue weighted by atomic mass is 9.96. The molecule has 1 heterocycles. The first kappa shape index (κ1) is 17.6. The van der Waals surface area contributed by atoms with Crippen LogP contribution in [-0.2, 0) is 9.59 Å². The van der Waals surface area contributed by atoms with Gasteiger partial charge >= 0.3 is 0 Å². The van der Waals surface area contributed by atoms with E-state index in [1.165, 1.54) is 0 Å². The summed E-state index contributed by atoms with van der Waals surface area (Å²) in [5.41, 5.74) is -0.340. The van der Waals surface area contributed by atoms with E-state index in [1.54, 1.807) is 37.3 Å². The SMILES string of the molecule is COc1ccc(OC)c(N2C(=O)CC[C@@]2(C)C(=O)NC2CCCC2)c1. The number of benzene rings is 1. The summed E-state index contributed by atoms with van der Waals surface area (Å²) in [6.07, 6.45) is 5.15. The molecule has 2 amide bonds. The Morgan fingerprint density at radius 2 is 1.96 bits per heavy atom. The molecule has 6 nitrogen and oxygen atoms in total. The van der Waals surface area contributed by atoms with Gasteiger partial charge in [-0.1, -0.05) is 12.8 Å². The minimum absolute atomic E-state index is 0.0735. The highest BCUT2D eigenvalue weighted by molar-refractivity contribution is 6.07. The second-order valence-electron chi connectivity index (χ2n) is 7.00. The normalized spacial score (nSPS) is 23.8. The molecule has 0 radical (unpaired) electrons. The van der Waals surface area contributed by atoms with Crippen molar-refractivity contribution < 1.29 is 19.1 Å². The highest BCUT2D eigenvalue weighted by atomic mass is 16.5. The van der Waals surface area contributed by atoms with Crippen molar-refractivity contribution in [3.05, 3.63) is 18.2 Å². The van der Waals surface area contributed by atoms with Crippen LogP contribution in [0.25, 0.3) is 0 Å². The number of hydrogen-bond acceptors (Lipinski definition) is 4. The van der Waals surface area contributed by atoms with Crippen molar-refractivity contribution in [2.75, 3.05) is 19.1 Å². The van der Waals surface area contributed by atoms with Gasteiger partial charge in [0.05, 0.1) is 19.9 Å². The number of methoxy groups -OCH3 is 2. The molecule has 1 saturated heterocycles. The van der Waals surface area contributed by atoms with E-state index in [0.29, 0.717) is 30.0 Å². The van der Waals surface area contributed by atoms with Gasteiger partial charge in [-0.15, -0.1) is 0 Å². The van der Waals surface area contributed by atoms with E-state index in [9.17, 15) is 9.59 Å². The zero-order valence-electron chi connectivity index (χ0n) is 15.1. The molecule has 0 spiro atoms. The largest absolute Gasteiger partial charge is 0.497 e. The number of rotatable bonds is 5. The lowest BCUT2D eigenvalue weighted by molar-refractivity contribution is -0.127. The molecule has 2 fully saturated rings. The molecule has 1 aromatic rings. The summed E-state index contributed by atoms with van der Waals surface area (Å²) in [7, 11) is 3.13. The van der Waals surface area contributed by atoms with Crippen molar-refractivity contribution >= 4 is 17.5 Å². The van der Waals surface area contributed by atoms with Crippen LogP contribution in [0.15, 0.2) is 18.2 Å². The predicted molar refractivity (Wildman–Crippen MR) is 95.1 cm³/mol. The van der Waals surface area contributed by atoms with Crippen molar-refractivity contribution in [3.63, 3.8) is 0 Å². The maximum Gasteiger partial charge on any atom is 0.246 e. The molecule has 1 atom stereocenters. The maximum absolute atomic E-state index is 13.0. The van der Waals surface area contributed by atoms with E-state index in [1.807, 2.05) is 6.92 Å². The molecular weight excluding hydrogens is 320 g/mol. The molecule has 0 unspecified atom stereocenters. The van der Waals surface area contributed by atoms with Crippen molar-refractivity contribution in [2.24, 2.45) is 0 Å². The summed E-state index contributed by atoms with van der Waals surface area (Å²) < 4.78 is 10.7. The van der Waals surface area contributed by atoms with E-state index in [2.05, 4.69) is 5.32 Å². The topological polar surface area (TPSA) is 67.9 Å². The van der Waals surface area contributed by atoms with Gasteiger partial charge < -0.3 is 14.8 Å². The summed E-state index contributed by atoms with van der Waals surface area (Å²) in [6.45, 7) is 1.83. The standard InChI is InChI=1S/C19H26N2O4/c1-19(18(23)20-13-6-4-5-7-13)11-10-17(22)21(19)15-12-14(24-2)8-9-16(15)25-3/h8-9,12-13H,4-7,10-11H2,1-3H3,(H,20,23)/t19-/m0/s1. The third kappa shape index (κ3) is 3.17. The minimum Gasteiger partial charge on any atom is -0.497 e. The number of carbonyl (C=O) groups excluding carboxylic acids is 2. The molecule has 1 aliphatic carbocycles. The fourth-order valence-corrected chi connectivity index (χ4v) is 3.85. The molecule has 0 bridgehead atoms. The van der Waals surface area contributed by atoms with Crippen LogP contribution >= 0.6 is 0 Å². The van der Waals surface area contributed by atoms with E-state index < -0.39 is 5.54 Å². The zero-order chi connectivity index (χ0) is 18.0. The van der Waals surface area contributed by atoms with Gasteiger partial charge in [-0.05, 0) is 38.3 Å². The smallest absolute Gasteiger partial charge is 0.246 e. The third-order valence-corrected chi connectivity index (χ3v) is 5.38. The minimum atomic E-state index is -0.917. The summed E-state index contributed by atoms with van der Waals surface area (Å²) in [5, 5.41) is 3.14. The zero-order valence-corrected chi connectivity index (χ0v) is 15.1. The number of carbonyl (C=O) groups is 2. The number of nitrogens with one attached hydrogen (secondary N) is 1. The van der Waals surface area contributed by atoms with Gasteiger partial charge in [0, 0.05) is 18.5 Å². The highest BCUT2D eigenvalue weighted by Gasteiger charge is 2.49. The number of amides is 2. The molecule has 6 heteroatoms. The molecule has 136 valence electrons. The third-order valence-electron chi connectivity index (χ3n) is 5.38. The highest BCUT2D eigenvalue weighted by Crippen LogP contribution is 2.42. The Kier molecular flexibility index (Phi) is 4.88. The van der Waals surface area contributed by atoms with Crippen molar-refractivity contribution in [1.82, 2.24) is 5.32 Å².